The second-order valence-corrected chi connectivity index (χ2v) is 10.2. The molecular formula is C24H30ClFN6O2. The molecule has 1 aromatic carbocycles. The Morgan fingerprint density at radius 3 is 2.50 bits per heavy atom. The molecule has 1 aliphatic carbocycles. The predicted molar refractivity (Wildman–Crippen MR) is 128 cm³/mol. The van der Waals surface area contributed by atoms with Crippen LogP contribution in [0.2, 0.25) is 0 Å². The Labute approximate surface area is 203 Å². The number of likely N-dealkylation sites (tertiary alicyclic amines) is 1. The van der Waals surface area contributed by atoms with E-state index in [9.17, 15) is 4.79 Å². The van der Waals surface area contributed by atoms with Crippen LogP contribution in [0.3, 0.4) is 0 Å². The van der Waals surface area contributed by atoms with Gasteiger partial charge in [0.05, 0.1) is 0 Å². The molecule has 1 aliphatic heterocycles. The van der Waals surface area contributed by atoms with Gasteiger partial charge in [0.1, 0.15) is 11.2 Å². The van der Waals surface area contributed by atoms with Crippen molar-refractivity contribution in [1.82, 2.24) is 30.8 Å². The average Bonchev–Trinajstić information content (AvgIpc) is 3.37. The molecular weight excluding hydrogens is 459 g/mol. The van der Waals surface area contributed by atoms with Gasteiger partial charge in [-0.2, -0.15) is 5.21 Å². The lowest BCUT2D eigenvalue weighted by atomic mass is 9.75. The molecule has 2 heterocycles. The molecule has 2 unspecified atom stereocenters. The van der Waals surface area contributed by atoms with Crippen LogP contribution >= 0.6 is 11.6 Å². The normalized spacial score (nSPS) is 24.2. The van der Waals surface area contributed by atoms with E-state index in [1.54, 1.807) is 35.2 Å². The molecule has 0 bridgehead atoms. The topological polar surface area (TPSA) is 96.0 Å². The number of piperidine rings is 1. The molecule has 2 N–H and O–H groups in total. The van der Waals surface area contributed by atoms with Crippen LogP contribution in [0.4, 0.5) is 9.18 Å². The zero-order valence-electron chi connectivity index (χ0n) is 19.8. The summed E-state index contributed by atoms with van der Waals surface area (Å²) in [5.41, 5.74) is -0.303. The number of tetrazole rings is 1. The highest BCUT2D eigenvalue weighted by Crippen LogP contribution is 2.44. The van der Waals surface area contributed by atoms with Crippen LogP contribution in [-0.4, -0.2) is 62.9 Å². The van der Waals surface area contributed by atoms with Gasteiger partial charge in [0.25, 0.3) is 0 Å². The molecule has 10 heteroatoms. The van der Waals surface area contributed by atoms with E-state index in [1.807, 2.05) is 6.07 Å². The molecule has 2 aliphatic rings. The number of aromatic amines is 1. The van der Waals surface area contributed by atoms with Crippen molar-refractivity contribution >= 4 is 28.8 Å². The molecule has 1 aromatic heterocycles. The highest BCUT2D eigenvalue weighted by molar-refractivity contribution is 6.26. The number of aromatic nitrogens is 4. The zero-order chi connectivity index (χ0) is 24.5. The monoisotopic (exact) mass is 488 g/mol. The van der Waals surface area contributed by atoms with E-state index in [0.29, 0.717) is 30.1 Å². The Morgan fingerprint density at radius 1 is 1.26 bits per heavy atom. The van der Waals surface area contributed by atoms with Crippen LogP contribution in [0.1, 0.15) is 45.0 Å². The molecule has 0 radical (unpaired) electrons. The summed E-state index contributed by atoms with van der Waals surface area (Å²) in [7, 11) is 1.38. The van der Waals surface area contributed by atoms with Gasteiger partial charge in [0.2, 0.25) is 5.82 Å². The van der Waals surface area contributed by atoms with Crippen LogP contribution in [0.5, 0.6) is 0 Å². The van der Waals surface area contributed by atoms with Gasteiger partial charge in [-0.05, 0) is 41.0 Å². The Kier molecular flexibility index (Phi) is 6.78. The molecule has 182 valence electrons. The average molecular weight is 489 g/mol. The minimum Gasteiger partial charge on any atom is -0.353 e. The zero-order valence-corrected chi connectivity index (χ0v) is 20.6. The molecule has 8 nitrogen and oxygen atoms in total. The number of amides is 2. The third-order valence-corrected chi connectivity index (χ3v) is 7.28. The lowest BCUT2D eigenvalue weighted by Gasteiger charge is -2.42. The number of ether oxygens (including phenoxy) is 1. The van der Waals surface area contributed by atoms with Crippen molar-refractivity contribution < 1.29 is 13.9 Å². The lowest BCUT2D eigenvalue weighted by Crippen LogP contribution is -2.60. The van der Waals surface area contributed by atoms with Gasteiger partial charge in [-0.3, -0.25) is 0 Å². The summed E-state index contributed by atoms with van der Waals surface area (Å²) < 4.78 is 21.6. The minimum absolute atomic E-state index is 0.166. The Balaban J connectivity index is 1.65. The van der Waals surface area contributed by atoms with E-state index in [1.165, 1.54) is 7.11 Å². The van der Waals surface area contributed by atoms with Gasteiger partial charge < -0.3 is 15.0 Å². The summed E-state index contributed by atoms with van der Waals surface area (Å²) in [4.78, 5) is 15.0. The maximum Gasteiger partial charge on any atom is 0.319 e. The van der Waals surface area contributed by atoms with Gasteiger partial charge in [-0.25, -0.2) is 9.18 Å². The van der Waals surface area contributed by atoms with Gasteiger partial charge in [0.15, 0.2) is 5.72 Å². The summed E-state index contributed by atoms with van der Waals surface area (Å²) in [6.45, 7) is 7.87. The standard InChI is InChI=1S/C24H30ClFN6O2/c1-23(2,3)16-10-12-32(13-11-16)22(33)27-24(34-4)14-17(21-28-30-31-29-21)18(19(26)20(24)25)15-8-6-5-7-9-15/h5-9,14,16,20H,10-13H2,1-4H3,(H,27,33)(H,28,29,30,31). The van der Waals surface area contributed by atoms with Crippen molar-refractivity contribution in [3.05, 3.63) is 53.6 Å². The van der Waals surface area contributed by atoms with Crippen LogP contribution in [0.15, 0.2) is 42.2 Å². The highest BCUT2D eigenvalue weighted by Gasteiger charge is 2.47. The summed E-state index contributed by atoms with van der Waals surface area (Å²) >= 11 is 6.63. The fourth-order valence-corrected chi connectivity index (χ4v) is 4.98. The largest absolute Gasteiger partial charge is 0.353 e. The minimum atomic E-state index is -1.64. The number of hydrogen-bond donors (Lipinski definition) is 2. The van der Waals surface area contributed by atoms with Crippen molar-refractivity contribution in [2.24, 2.45) is 11.3 Å². The van der Waals surface area contributed by atoms with Gasteiger partial charge >= 0.3 is 6.03 Å². The van der Waals surface area contributed by atoms with Crippen molar-refractivity contribution in [2.75, 3.05) is 20.2 Å². The number of methoxy groups -OCH3 is 1. The second kappa shape index (κ2) is 9.46. The van der Waals surface area contributed by atoms with E-state index in [2.05, 4.69) is 46.7 Å². The van der Waals surface area contributed by atoms with Gasteiger partial charge in [-0.1, -0.05) is 51.1 Å². The first-order chi connectivity index (χ1) is 16.2. The molecule has 2 aromatic rings. The summed E-state index contributed by atoms with van der Waals surface area (Å²) in [5.74, 6) is 0.0462. The number of halogens is 2. The summed E-state index contributed by atoms with van der Waals surface area (Å²) in [5, 5.41) is 15.6. The number of urea groups is 1. The number of H-pyrrole nitrogens is 1. The fourth-order valence-electron chi connectivity index (χ4n) is 4.66. The van der Waals surface area contributed by atoms with E-state index >= 15 is 4.39 Å². The SMILES string of the molecule is COC1(NC(=O)N2CCC(C(C)(C)C)CC2)C=C(c2nn[nH]n2)C(c2ccccc2)=C(F)C1Cl. The van der Waals surface area contributed by atoms with Crippen molar-refractivity contribution in [2.45, 2.75) is 44.7 Å². The van der Waals surface area contributed by atoms with Crippen LogP contribution < -0.4 is 5.32 Å². The van der Waals surface area contributed by atoms with Crippen molar-refractivity contribution in [3.63, 3.8) is 0 Å². The first-order valence-corrected chi connectivity index (χ1v) is 11.8. The van der Waals surface area contributed by atoms with Gasteiger partial charge in [-0.15, -0.1) is 21.8 Å². The van der Waals surface area contributed by atoms with Crippen molar-refractivity contribution in [1.29, 1.82) is 0 Å². The molecule has 0 saturated carbocycles. The number of carbonyl (C=O) groups is 1. The molecule has 2 atom stereocenters. The number of rotatable bonds is 4. The highest BCUT2D eigenvalue weighted by atomic mass is 35.5. The van der Waals surface area contributed by atoms with E-state index in [0.717, 1.165) is 12.8 Å². The first-order valence-electron chi connectivity index (χ1n) is 11.3. The fraction of sp³-hybridized carbons (Fsp3) is 0.500. The molecule has 1 saturated heterocycles. The number of alkyl halides is 1. The van der Waals surface area contributed by atoms with Crippen LogP contribution in [-0.2, 0) is 4.74 Å². The third-order valence-electron chi connectivity index (χ3n) is 6.76. The number of nitrogens with zero attached hydrogens (tertiary/aromatic N) is 4. The van der Waals surface area contributed by atoms with Crippen molar-refractivity contribution in [3.8, 4) is 0 Å². The molecule has 1 fully saturated rings. The number of nitrogens with one attached hydrogen (secondary N) is 2. The quantitative estimate of drug-likeness (QED) is 0.491. The van der Waals surface area contributed by atoms with Gasteiger partial charge in [0, 0.05) is 31.3 Å². The molecule has 0 spiro atoms. The Morgan fingerprint density at radius 2 is 1.94 bits per heavy atom. The first kappa shape index (κ1) is 24.3. The van der Waals surface area contributed by atoms with Crippen LogP contribution in [0.25, 0.3) is 11.1 Å². The maximum absolute atomic E-state index is 15.9. The Bertz CT molecular complexity index is 1070. The number of benzene rings is 1. The lowest BCUT2D eigenvalue weighted by molar-refractivity contribution is 0.00552. The van der Waals surface area contributed by atoms with E-state index in [4.69, 9.17) is 16.3 Å². The third kappa shape index (κ3) is 4.59. The second-order valence-electron chi connectivity index (χ2n) is 9.80. The van der Waals surface area contributed by atoms with Crippen LogP contribution in [0, 0.1) is 11.3 Å². The predicted octanol–water partition coefficient (Wildman–Crippen LogP) is 4.40. The molecule has 2 amide bonds. The number of hydrogen-bond acceptors (Lipinski definition) is 5. The molecule has 34 heavy (non-hydrogen) atoms. The smallest absolute Gasteiger partial charge is 0.319 e. The van der Waals surface area contributed by atoms with E-state index < -0.39 is 16.9 Å². The summed E-state index contributed by atoms with van der Waals surface area (Å²) in [6, 6.07) is 8.61. The number of carbonyl (C=O) groups excluding carboxylic acids is 1. The molecule has 4 rings (SSSR count). The Hall–Kier alpha value is -2.78. The summed E-state index contributed by atoms with van der Waals surface area (Å²) in [6.07, 6.45) is 3.37. The maximum atomic E-state index is 15.9. The van der Waals surface area contributed by atoms with E-state index in [-0.39, 0.29) is 22.8 Å². The number of allylic oxidation sites excluding steroid dienone is 2.